The van der Waals surface area contributed by atoms with Crippen LogP contribution in [-0.2, 0) is 24.2 Å². The minimum absolute atomic E-state index is 0.0421. The zero-order valence-corrected chi connectivity index (χ0v) is 23.9. The molecule has 0 aromatic carbocycles. The lowest BCUT2D eigenvalue weighted by Crippen LogP contribution is -2.35. The predicted molar refractivity (Wildman–Crippen MR) is 142 cm³/mol. The van der Waals surface area contributed by atoms with Gasteiger partial charge in [0.1, 0.15) is 17.0 Å². The number of methoxy groups -OCH3 is 4. The molecule has 2 atom stereocenters. The van der Waals surface area contributed by atoms with Crippen LogP contribution >= 0.6 is 0 Å². The Bertz CT molecular complexity index is 1300. The minimum Gasteiger partial charge on any atom is -0.494 e. The van der Waals surface area contributed by atoms with Crippen molar-refractivity contribution in [2.24, 2.45) is 0 Å². The van der Waals surface area contributed by atoms with E-state index in [-0.39, 0.29) is 31.1 Å². The first-order chi connectivity index (χ1) is 18.6. The van der Waals surface area contributed by atoms with E-state index in [0.29, 0.717) is 23.1 Å². The van der Waals surface area contributed by atoms with Gasteiger partial charge in [-0.2, -0.15) is 0 Å². The van der Waals surface area contributed by atoms with Gasteiger partial charge in [-0.3, -0.25) is 9.29 Å². The Morgan fingerprint density at radius 2 is 1.62 bits per heavy atom. The van der Waals surface area contributed by atoms with E-state index in [2.05, 4.69) is 29.9 Å². The van der Waals surface area contributed by atoms with Crippen molar-refractivity contribution in [1.82, 2.24) is 29.7 Å². The van der Waals surface area contributed by atoms with E-state index in [9.17, 15) is 8.42 Å². The Morgan fingerprint density at radius 3 is 2.18 bits per heavy atom. The van der Waals surface area contributed by atoms with Crippen LogP contribution in [0.2, 0.25) is 0 Å². The summed E-state index contributed by atoms with van der Waals surface area (Å²) in [4.78, 5) is 13.0. The Morgan fingerprint density at radius 1 is 0.949 bits per heavy atom. The minimum atomic E-state index is -4.13. The van der Waals surface area contributed by atoms with Crippen LogP contribution in [0, 0.1) is 0 Å². The molecule has 3 aromatic rings. The van der Waals surface area contributed by atoms with Crippen LogP contribution < -0.4 is 14.2 Å². The fraction of sp³-hybridized carbons (Fsp3) is 0.542. The lowest BCUT2D eigenvalue weighted by molar-refractivity contribution is 0.00147. The zero-order chi connectivity index (χ0) is 28.6. The van der Waals surface area contributed by atoms with Crippen molar-refractivity contribution >= 4 is 16.0 Å². The predicted octanol–water partition coefficient (Wildman–Crippen LogP) is 2.28. The normalized spacial score (nSPS) is 13.5. The summed E-state index contributed by atoms with van der Waals surface area (Å²) >= 11 is 0. The highest BCUT2D eigenvalue weighted by Crippen LogP contribution is 2.30. The van der Waals surface area contributed by atoms with E-state index in [4.69, 9.17) is 23.7 Å². The van der Waals surface area contributed by atoms with Gasteiger partial charge in [-0.05, 0) is 26.8 Å². The molecule has 0 saturated heterocycles. The number of sulfonamides is 1. The van der Waals surface area contributed by atoms with E-state index in [0.717, 1.165) is 0 Å². The SMILES string of the molecule is COCC(COC)n1c(NS(=O)(=O)C(C)C(OC(C)C)c2ncc(OC)cn2)nnc1-c1cccc(OC)n1. The smallest absolute Gasteiger partial charge is 0.240 e. The average Bonchev–Trinajstić information content (AvgIpc) is 3.33. The van der Waals surface area contributed by atoms with Gasteiger partial charge in [-0.15, -0.1) is 10.2 Å². The van der Waals surface area contributed by atoms with Gasteiger partial charge in [0.2, 0.25) is 21.9 Å². The molecule has 0 aliphatic heterocycles. The molecular weight excluding hydrogens is 530 g/mol. The molecule has 0 spiro atoms. The molecule has 0 fully saturated rings. The first-order valence-electron chi connectivity index (χ1n) is 12.1. The molecule has 0 aliphatic rings. The fourth-order valence-corrected chi connectivity index (χ4v) is 4.84. The van der Waals surface area contributed by atoms with Gasteiger partial charge in [0.15, 0.2) is 17.4 Å². The molecule has 14 nitrogen and oxygen atoms in total. The average molecular weight is 566 g/mol. The highest BCUT2D eigenvalue weighted by atomic mass is 32.2. The molecule has 0 radical (unpaired) electrons. The van der Waals surface area contributed by atoms with Crippen molar-refractivity contribution in [3.8, 4) is 23.1 Å². The maximum Gasteiger partial charge on any atom is 0.240 e. The van der Waals surface area contributed by atoms with Crippen molar-refractivity contribution in [2.45, 2.75) is 44.3 Å². The van der Waals surface area contributed by atoms with Crippen molar-refractivity contribution < 1.29 is 32.1 Å². The van der Waals surface area contributed by atoms with Crippen molar-refractivity contribution in [1.29, 1.82) is 0 Å². The summed E-state index contributed by atoms with van der Waals surface area (Å²) in [6.07, 6.45) is 1.62. The van der Waals surface area contributed by atoms with E-state index in [1.165, 1.54) is 47.8 Å². The summed E-state index contributed by atoms with van der Waals surface area (Å²) in [5.74, 6) is 1.25. The number of ether oxygens (including phenoxy) is 5. The molecule has 0 aliphatic carbocycles. The number of hydrogen-bond donors (Lipinski definition) is 1. The largest absolute Gasteiger partial charge is 0.494 e. The van der Waals surface area contributed by atoms with E-state index >= 15 is 0 Å². The fourth-order valence-electron chi connectivity index (χ4n) is 3.75. The van der Waals surface area contributed by atoms with Crippen LogP contribution in [0.4, 0.5) is 5.95 Å². The second kappa shape index (κ2) is 13.6. The number of anilines is 1. The molecule has 0 amide bonds. The van der Waals surface area contributed by atoms with Crippen LogP contribution in [0.25, 0.3) is 11.5 Å². The van der Waals surface area contributed by atoms with Gasteiger partial charge in [0.05, 0.1) is 52.0 Å². The summed E-state index contributed by atoms with van der Waals surface area (Å²) in [5.41, 5.74) is 0.421. The molecule has 3 aromatic heterocycles. The summed E-state index contributed by atoms with van der Waals surface area (Å²) in [6, 6.07) is 4.66. The standard InChI is InChI=1S/C24H35N7O7S/c1-15(2)38-21(22-25-11-18(36-6)12-26-22)16(3)39(32,33)30-24-29-28-23(19-9-8-10-20(27-19)37-7)31(24)17(13-34-4)14-35-5/h8-12,15-17,21H,13-14H2,1-7H3,(H,29,30). The molecule has 1 N–H and O–H groups in total. The molecule has 0 bridgehead atoms. The molecule has 15 heteroatoms. The third-order valence-electron chi connectivity index (χ3n) is 5.65. The van der Waals surface area contributed by atoms with Crippen molar-refractivity contribution in [2.75, 3.05) is 46.4 Å². The highest BCUT2D eigenvalue weighted by Gasteiger charge is 2.36. The van der Waals surface area contributed by atoms with Gasteiger partial charge < -0.3 is 23.7 Å². The number of hydrogen-bond acceptors (Lipinski definition) is 12. The van der Waals surface area contributed by atoms with Crippen LogP contribution in [0.5, 0.6) is 11.6 Å². The molecule has 39 heavy (non-hydrogen) atoms. The first-order valence-corrected chi connectivity index (χ1v) is 13.7. The summed E-state index contributed by atoms with van der Waals surface area (Å²) in [6.45, 7) is 5.48. The molecule has 2 unspecified atom stereocenters. The Kier molecular flexibility index (Phi) is 10.5. The van der Waals surface area contributed by atoms with Gasteiger partial charge in [0.25, 0.3) is 0 Å². The lowest BCUT2D eigenvalue weighted by Gasteiger charge is -2.26. The van der Waals surface area contributed by atoms with Crippen LogP contribution in [0.15, 0.2) is 30.6 Å². The van der Waals surface area contributed by atoms with Gasteiger partial charge in [-0.25, -0.2) is 23.4 Å². The van der Waals surface area contributed by atoms with E-state index < -0.39 is 27.4 Å². The lowest BCUT2D eigenvalue weighted by atomic mass is 10.2. The topological polar surface area (TPSA) is 162 Å². The first kappa shape index (κ1) is 30.1. The second-order valence-electron chi connectivity index (χ2n) is 8.79. The maximum atomic E-state index is 13.7. The van der Waals surface area contributed by atoms with Crippen molar-refractivity contribution in [3.63, 3.8) is 0 Å². The second-order valence-corrected chi connectivity index (χ2v) is 10.8. The zero-order valence-electron chi connectivity index (χ0n) is 23.1. The Labute approximate surface area is 228 Å². The van der Waals surface area contributed by atoms with Gasteiger partial charge >= 0.3 is 0 Å². The van der Waals surface area contributed by atoms with Crippen LogP contribution in [0.3, 0.4) is 0 Å². The van der Waals surface area contributed by atoms with Gasteiger partial charge in [0, 0.05) is 20.3 Å². The Balaban J connectivity index is 2.04. The third-order valence-corrected chi connectivity index (χ3v) is 7.34. The van der Waals surface area contributed by atoms with Gasteiger partial charge in [-0.1, -0.05) is 6.07 Å². The third kappa shape index (κ3) is 7.38. The monoisotopic (exact) mass is 565 g/mol. The molecule has 3 rings (SSSR count). The maximum absolute atomic E-state index is 13.7. The van der Waals surface area contributed by atoms with E-state index in [1.807, 2.05) is 0 Å². The number of aromatic nitrogens is 6. The molecule has 214 valence electrons. The summed E-state index contributed by atoms with van der Waals surface area (Å²) in [5, 5.41) is 7.28. The van der Waals surface area contributed by atoms with E-state index in [1.54, 1.807) is 36.6 Å². The summed E-state index contributed by atoms with van der Waals surface area (Å²) < 4.78 is 58.7. The molecule has 3 heterocycles. The summed E-state index contributed by atoms with van der Waals surface area (Å²) in [7, 11) is 1.93. The Hall–Kier alpha value is -3.40. The quantitative estimate of drug-likeness (QED) is 0.287. The number of pyridine rings is 1. The highest BCUT2D eigenvalue weighted by molar-refractivity contribution is 7.93. The number of nitrogens with zero attached hydrogens (tertiary/aromatic N) is 6. The molecule has 0 saturated carbocycles. The number of rotatable bonds is 15. The van der Waals surface area contributed by atoms with Crippen LogP contribution in [0.1, 0.15) is 38.7 Å². The van der Waals surface area contributed by atoms with Crippen molar-refractivity contribution in [3.05, 3.63) is 36.4 Å². The number of nitrogens with one attached hydrogen (secondary N) is 1. The molecular formula is C24H35N7O7S. The van der Waals surface area contributed by atoms with Crippen LogP contribution in [-0.4, -0.2) is 91.1 Å².